The maximum Gasteiger partial charge on any atom is 0.309 e. The van der Waals surface area contributed by atoms with Gasteiger partial charge < -0.3 is 15.7 Å². The van der Waals surface area contributed by atoms with Crippen LogP contribution < -0.4 is 10.6 Å². The minimum atomic E-state index is -1.22. The van der Waals surface area contributed by atoms with Crippen molar-refractivity contribution < 1.29 is 24.4 Å². The number of fused-ring (bicyclic) bond motifs is 1. The number of nitrogens with one attached hydrogen (secondary N) is 2. The molecule has 0 spiro atoms. The average Bonchev–Trinajstić information content (AvgIpc) is 2.29. The van der Waals surface area contributed by atoms with Crippen LogP contribution in [0.2, 0.25) is 0 Å². The van der Waals surface area contributed by atoms with Crippen molar-refractivity contribution in [3.63, 3.8) is 0 Å². The second-order valence-corrected chi connectivity index (χ2v) is 4.89. The summed E-state index contributed by atoms with van der Waals surface area (Å²) in [5.74, 6) is -4.84. The summed E-state index contributed by atoms with van der Waals surface area (Å²) in [4.78, 5) is 44.3. The molecule has 9 heteroatoms. The van der Waals surface area contributed by atoms with Gasteiger partial charge in [-0.2, -0.15) is 0 Å². The summed E-state index contributed by atoms with van der Waals surface area (Å²) in [5, 5.41) is 24.9. The molecule has 5 atom stereocenters. The molecule has 0 radical (unpaired) electrons. The number of nitro groups is 1. The van der Waals surface area contributed by atoms with Crippen molar-refractivity contribution in [2.75, 3.05) is 0 Å². The van der Waals surface area contributed by atoms with Crippen LogP contribution in [0.15, 0.2) is 0 Å². The molecule has 0 aromatic carbocycles. The second kappa shape index (κ2) is 4.48. The lowest BCUT2D eigenvalue weighted by atomic mass is 9.70. The molecule has 3 N–H and O–H groups in total. The van der Waals surface area contributed by atoms with Crippen molar-refractivity contribution in [3.8, 4) is 0 Å². The van der Waals surface area contributed by atoms with E-state index in [9.17, 15) is 29.6 Å². The third-order valence-corrected chi connectivity index (χ3v) is 3.87. The molecule has 2 aliphatic rings. The van der Waals surface area contributed by atoms with Gasteiger partial charge >= 0.3 is 17.8 Å². The zero-order chi connectivity index (χ0) is 14.3. The van der Waals surface area contributed by atoms with Crippen LogP contribution in [-0.4, -0.2) is 45.9 Å². The number of carboxylic acids is 1. The van der Waals surface area contributed by atoms with Crippen molar-refractivity contribution in [1.82, 2.24) is 10.6 Å². The first-order valence-corrected chi connectivity index (χ1v) is 5.80. The molecule has 1 aliphatic carbocycles. The van der Waals surface area contributed by atoms with Crippen molar-refractivity contribution in [3.05, 3.63) is 10.1 Å². The largest absolute Gasteiger partial charge is 0.481 e. The summed E-state index contributed by atoms with van der Waals surface area (Å²) in [7, 11) is 0. The minimum Gasteiger partial charge on any atom is -0.481 e. The Morgan fingerprint density at radius 3 is 2.47 bits per heavy atom. The lowest BCUT2D eigenvalue weighted by Gasteiger charge is -2.43. The van der Waals surface area contributed by atoms with Crippen LogP contribution in [0.1, 0.15) is 13.3 Å². The predicted molar refractivity (Wildman–Crippen MR) is 59.6 cm³/mol. The Morgan fingerprint density at radius 1 is 1.37 bits per heavy atom. The van der Waals surface area contributed by atoms with E-state index in [-0.39, 0.29) is 6.42 Å². The molecule has 104 valence electrons. The van der Waals surface area contributed by atoms with E-state index in [0.717, 1.165) is 0 Å². The van der Waals surface area contributed by atoms with Gasteiger partial charge in [0.25, 0.3) is 0 Å². The van der Waals surface area contributed by atoms with Gasteiger partial charge in [0.15, 0.2) is 0 Å². The van der Waals surface area contributed by atoms with Crippen LogP contribution in [0.25, 0.3) is 0 Å². The van der Waals surface area contributed by atoms with Gasteiger partial charge in [-0.25, -0.2) is 0 Å². The van der Waals surface area contributed by atoms with Gasteiger partial charge in [0, 0.05) is 17.3 Å². The molecule has 0 aromatic heterocycles. The van der Waals surface area contributed by atoms with Crippen LogP contribution in [0.5, 0.6) is 0 Å². The molecule has 5 unspecified atom stereocenters. The normalized spacial score (nSPS) is 37.8. The highest BCUT2D eigenvalue weighted by atomic mass is 16.6. The molecule has 1 heterocycles. The number of hydrogen-bond acceptors (Lipinski definition) is 5. The first-order chi connectivity index (χ1) is 8.82. The van der Waals surface area contributed by atoms with Crippen LogP contribution >= 0.6 is 0 Å². The number of piperazine rings is 1. The Labute approximate surface area is 107 Å². The molecular weight excluding hydrogens is 258 g/mol. The van der Waals surface area contributed by atoms with Crippen LogP contribution in [0.4, 0.5) is 0 Å². The summed E-state index contributed by atoms with van der Waals surface area (Å²) >= 11 is 0. The molecule has 0 aromatic rings. The lowest BCUT2D eigenvalue weighted by molar-refractivity contribution is -0.537. The number of carbonyl (C=O) groups excluding carboxylic acids is 2. The fourth-order valence-corrected chi connectivity index (χ4v) is 2.88. The van der Waals surface area contributed by atoms with Crippen molar-refractivity contribution in [2.24, 2.45) is 11.8 Å². The summed E-state index contributed by atoms with van der Waals surface area (Å²) < 4.78 is 0. The molecule has 19 heavy (non-hydrogen) atoms. The molecular formula is C10H13N3O6. The summed E-state index contributed by atoms with van der Waals surface area (Å²) in [6, 6.07) is -2.59. The summed E-state index contributed by atoms with van der Waals surface area (Å²) in [6.07, 6.45) is 0.00856. The number of carbonyl (C=O) groups is 3. The maximum atomic E-state index is 11.3. The molecule has 0 bridgehead atoms. The number of amides is 2. The summed E-state index contributed by atoms with van der Waals surface area (Å²) in [5.41, 5.74) is 0. The molecule has 2 amide bonds. The van der Waals surface area contributed by atoms with E-state index >= 15 is 0 Å². The number of hydrogen-bond donors (Lipinski definition) is 3. The summed E-state index contributed by atoms with van der Waals surface area (Å²) in [6.45, 7) is 1.48. The predicted octanol–water partition coefficient (Wildman–Crippen LogP) is -1.64. The van der Waals surface area contributed by atoms with E-state index < -0.39 is 52.7 Å². The van der Waals surface area contributed by atoms with E-state index in [1.54, 1.807) is 0 Å². The highest BCUT2D eigenvalue weighted by Crippen LogP contribution is 2.33. The van der Waals surface area contributed by atoms with Gasteiger partial charge in [-0.15, -0.1) is 0 Å². The molecule has 2 rings (SSSR count). The van der Waals surface area contributed by atoms with E-state index in [4.69, 9.17) is 0 Å². The van der Waals surface area contributed by atoms with Gasteiger partial charge in [-0.3, -0.25) is 24.5 Å². The fourth-order valence-electron chi connectivity index (χ4n) is 2.88. The fraction of sp³-hybridized carbons (Fsp3) is 0.700. The maximum absolute atomic E-state index is 11.3. The Bertz CT molecular complexity index is 464. The SMILES string of the molecule is CC1C(C(=O)O)C2NC(=O)C(=O)NC2CC1[N+](=O)[O-]. The van der Waals surface area contributed by atoms with Crippen molar-refractivity contribution in [2.45, 2.75) is 31.5 Å². The van der Waals surface area contributed by atoms with Crippen LogP contribution in [0.3, 0.4) is 0 Å². The first kappa shape index (κ1) is 13.2. The Morgan fingerprint density at radius 2 is 1.95 bits per heavy atom. The zero-order valence-electron chi connectivity index (χ0n) is 10.0. The molecule has 9 nitrogen and oxygen atoms in total. The topological polar surface area (TPSA) is 139 Å². The molecule has 1 saturated carbocycles. The highest BCUT2D eigenvalue weighted by Gasteiger charge is 2.54. The second-order valence-electron chi connectivity index (χ2n) is 4.89. The Hall–Kier alpha value is -2.19. The quantitative estimate of drug-likeness (QED) is 0.312. The monoisotopic (exact) mass is 271 g/mol. The molecule has 1 saturated heterocycles. The van der Waals surface area contributed by atoms with Gasteiger partial charge in [-0.05, 0) is 0 Å². The standard InChI is InChI=1S/C10H13N3O6/c1-3-5(13(18)19)2-4-7(6(3)10(16)17)12-9(15)8(14)11-4/h3-7H,2H2,1H3,(H,11,14)(H,12,15)(H,16,17). The Kier molecular flexibility index (Phi) is 3.13. The number of rotatable bonds is 2. The number of carboxylic acid groups (broad SMARTS) is 1. The molecule has 2 fully saturated rings. The highest BCUT2D eigenvalue weighted by molar-refractivity contribution is 6.35. The molecule has 1 aliphatic heterocycles. The third kappa shape index (κ3) is 2.11. The number of nitrogens with zero attached hydrogens (tertiary/aromatic N) is 1. The van der Waals surface area contributed by atoms with Crippen molar-refractivity contribution >= 4 is 17.8 Å². The van der Waals surface area contributed by atoms with E-state index in [0.29, 0.717) is 0 Å². The van der Waals surface area contributed by atoms with Crippen molar-refractivity contribution in [1.29, 1.82) is 0 Å². The van der Waals surface area contributed by atoms with Crippen LogP contribution in [-0.2, 0) is 14.4 Å². The Balaban J connectivity index is 2.33. The van der Waals surface area contributed by atoms with E-state index in [2.05, 4.69) is 10.6 Å². The van der Waals surface area contributed by atoms with E-state index in [1.165, 1.54) is 6.92 Å². The number of aliphatic carboxylic acids is 1. The van der Waals surface area contributed by atoms with Crippen LogP contribution in [0, 0.1) is 22.0 Å². The van der Waals surface area contributed by atoms with Gasteiger partial charge in [0.05, 0.1) is 18.0 Å². The average molecular weight is 271 g/mol. The van der Waals surface area contributed by atoms with Gasteiger partial charge in [0.1, 0.15) is 0 Å². The lowest BCUT2D eigenvalue weighted by Crippen LogP contribution is -2.70. The van der Waals surface area contributed by atoms with E-state index in [1.807, 2.05) is 0 Å². The third-order valence-electron chi connectivity index (χ3n) is 3.87. The van der Waals surface area contributed by atoms with Gasteiger partial charge in [-0.1, -0.05) is 6.92 Å². The smallest absolute Gasteiger partial charge is 0.309 e. The first-order valence-electron chi connectivity index (χ1n) is 5.80. The minimum absolute atomic E-state index is 0.00856. The van der Waals surface area contributed by atoms with Gasteiger partial charge in [0.2, 0.25) is 6.04 Å². The zero-order valence-corrected chi connectivity index (χ0v) is 10.0.